The highest BCUT2D eigenvalue weighted by molar-refractivity contribution is 5.70. The molecule has 16 heavy (non-hydrogen) atoms. The van der Waals surface area contributed by atoms with Crippen molar-refractivity contribution in [1.82, 2.24) is 5.32 Å². The maximum absolute atomic E-state index is 10.8. The average molecular weight is 233 g/mol. The molecule has 0 heterocycles. The zero-order chi connectivity index (χ0) is 12.1. The summed E-state index contributed by atoms with van der Waals surface area (Å²) < 4.78 is 14.7. The summed E-state index contributed by atoms with van der Waals surface area (Å²) in [5, 5.41) is 3.25. The fraction of sp³-hybridized carbons (Fsp3) is 0.909. The molecule has 0 aromatic carbocycles. The summed E-state index contributed by atoms with van der Waals surface area (Å²) >= 11 is 0. The van der Waals surface area contributed by atoms with Crippen molar-refractivity contribution >= 4 is 5.97 Å². The van der Waals surface area contributed by atoms with Gasteiger partial charge in [-0.3, -0.25) is 0 Å². The molecule has 0 fully saturated rings. The summed E-state index contributed by atoms with van der Waals surface area (Å²) in [6.45, 7) is 5.40. The SMILES string of the molecule is CCCCNCCOCCOC(=O)COC. The van der Waals surface area contributed by atoms with Crippen molar-refractivity contribution in [1.29, 1.82) is 0 Å². The van der Waals surface area contributed by atoms with Crippen molar-refractivity contribution in [3.8, 4) is 0 Å². The van der Waals surface area contributed by atoms with E-state index >= 15 is 0 Å². The van der Waals surface area contributed by atoms with Gasteiger partial charge in [0, 0.05) is 13.7 Å². The predicted molar refractivity (Wildman–Crippen MR) is 61.4 cm³/mol. The molecule has 5 nitrogen and oxygen atoms in total. The molecule has 0 aliphatic carbocycles. The molecule has 0 amide bonds. The second kappa shape index (κ2) is 12.4. The zero-order valence-corrected chi connectivity index (χ0v) is 10.3. The van der Waals surface area contributed by atoms with Crippen LogP contribution in [-0.2, 0) is 19.0 Å². The van der Waals surface area contributed by atoms with E-state index in [9.17, 15) is 4.79 Å². The fourth-order valence-electron chi connectivity index (χ4n) is 1.05. The predicted octanol–water partition coefficient (Wildman–Crippen LogP) is 0.582. The van der Waals surface area contributed by atoms with Gasteiger partial charge in [-0.05, 0) is 13.0 Å². The number of methoxy groups -OCH3 is 1. The van der Waals surface area contributed by atoms with Gasteiger partial charge in [0.05, 0.1) is 13.2 Å². The van der Waals surface area contributed by atoms with Crippen LogP contribution >= 0.6 is 0 Å². The van der Waals surface area contributed by atoms with Crippen molar-refractivity contribution in [2.45, 2.75) is 19.8 Å². The zero-order valence-electron chi connectivity index (χ0n) is 10.3. The van der Waals surface area contributed by atoms with E-state index < -0.39 is 0 Å². The molecule has 0 radical (unpaired) electrons. The first-order valence-corrected chi connectivity index (χ1v) is 5.74. The molecular formula is C11H23NO4. The van der Waals surface area contributed by atoms with Crippen LogP contribution in [0.5, 0.6) is 0 Å². The van der Waals surface area contributed by atoms with Crippen molar-refractivity contribution in [3.63, 3.8) is 0 Å². The minimum absolute atomic E-state index is 0.00142. The van der Waals surface area contributed by atoms with Gasteiger partial charge < -0.3 is 19.5 Å². The molecule has 0 bridgehead atoms. The standard InChI is InChI=1S/C11H23NO4/c1-3-4-5-12-6-7-15-8-9-16-11(13)10-14-2/h12H,3-10H2,1-2H3. The lowest BCUT2D eigenvalue weighted by Gasteiger charge is -2.06. The van der Waals surface area contributed by atoms with E-state index in [1.54, 1.807) is 0 Å². The summed E-state index contributed by atoms with van der Waals surface area (Å²) in [5.41, 5.74) is 0. The molecule has 0 rings (SSSR count). The molecule has 0 saturated heterocycles. The van der Waals surface area contributed by atoms with Crippen LogP contribution in [0.1, 0.15) is 19.8 Å². The number of ether oxygens (including phenoxy) is 3. The van der Waals surface area contributed by atoms with Crippen LogP contribution in [0.25, 0.3) is 0 Å². The third-order valence-electron chi connectivity index (χ3n) is 1.88. The average Bonchev–Trinajstić information content (AvgIpc) is 2.27. The Morgan fingerprint density at radius 2 is 2.00 bits per heavy atom. The van der Waals surface area contributed by atoms with Gasteiger partial charge in [0.15, 0.2) is 0 Å². The van der Waals surface area contributed by atoms with Gasteiger partial charge in [-0.2, -0.15) is 0 Å². The van der Waals surface area contributed by atoms with Crippen LogP contribution in [0.15, 0.2) is 0 Å². The molecule has 0 unspecified atom stereocenters. The van der Waals surface area contributed by atoms with Crippen LogP contribution in [0, 0.1) is 0 Å². The van der Waals surface area contributed by atoms with Gasteiger partial charge >= 0.3 is 5.97 Å². The lowest BCUT2D eigenvalue weighted by molar-refractivity contribution is -0.149. The van der Waals surface area contributed by atoms with Crippen molar-refractivity contribution in [3.05, 3.63) is 0 Å². The Bertz CT molecular complexity index is 164. The molecule has 96 valence electrons. The molecule has 0 aromatic heterocycles. The second-order valence-electron chi connectivity index (χ2n) is 3.37. The minimum Gasteiger partial charge on any atom is -0.462 e. The van der Waals surface area contributed by atoms with Gasteiger partial charge in [-0.15, -0.1) is 0 Å². The molecular weight excluding hydrogens is 210 g/mol. The van der Waals surface area contributed by atoms with Crippen LogP contribution in [-0.4, -0.2) is 52.6 Å². The number of hydrogen-bond donors (Lipinski definition) is 1. The number of nitrogens with one attached hydrogen (secondary N) is 1. The first-order chi connectivity index (χ1) is 7.81. The van der Waals surface area contributed by atoms with E-state index in [0.29, 0.717) is 13.2 Å². The maximum atomic E-state index is 10.8. The Labute approximate surface area is 97.4 Å². The van der Waals surface area contributed by atoms with E-state index in [1.807, 2.05) is 0 Å². The van der Waals surface area contributed by atoms with E-state index in [2.05, 4.69) is 17.0 Å². The molecule has 0 aliphatic heterocycles. The normalized spacial score (nSPS) is 10.4. The molecule has 5 heteroatoms. The number of rotatable bonds is 11. The second-order valence-corrected chi connectivity index (χ2v) is 3.37. The van der Waals surface area contributed by atoms with Gasteiger partial charge in [-0.25, -0.2) is 4.79 Å². The van der Waals surface area contributed by atoms with Gasteiger partial charge in [-0.1, -0.05) is 13.3 Å². The number of esters is 1. The van der Waals surface area contributed by atoms with Crippen LogP contribution in [0.3, 0.4) is 0 Å². The van der Waals surface area contributed by atoms with Crippen molar-refractivity contribution in [2.24, 2.45) is 0 Å². The van der Waals surface area contributed by atoms with Gasteiger partial charge in [0.2, 0.25) is 0 Å². The number of hydrogen-bond acceptors (Lipinski definition) is 5. The van der Waals surface area contributed by atoms with E-state index in [1.165, 1.54) is 20.0 Å². The smallest absolute Gasteiger partial charge is 0.332 e. The maximum Gasteiger partial charge on any atom is 0.332 e. The summed E-state index contributed by atoms with van der Waals surface area (Å²) in [5.74, 6) is -0.354. The number of unbranched alkanes of at least 4 members (excludes halogenated alkanes) is 1. The summed E-state index contributed by atoms with van der Waals surface area (Å²) in [6.07, 6.45) is 2.39. The minimum atomic E-state index is -0.354. The monoisotopic (exact) mass is 233 g/mol. The molecule has 0 atom stereocenters. The van der Waals surface area contributed by atoms with Crippen LogP contribution in [0.2, 0.25) is 0 Å². The summed E-state index contributed by atoms with van der Waals surface area (Å²) in [7, 11) is 1.46. The highest BCUT2D eigenvalue weighted by Crippen LogP contribution is 1.83. The van der Waals surface area contributed by atoms with E-state index in [-0.39, 0.29) is 19.2 Å². The molecule has 1 N–H and O–H groups in total. The van der Waals surface area contributed by atoms with Gasteiger partial charge in [0.25, 0.3) is 0 Å². The fourth-order valence-corrected chi connectivity index (χ4v) is 1.05. The highest BCUT2D eigenvalue weighted by atomic mass is 16.6. The van der Waals surface area contributed by atoms with Crippen molar-refractivity contribution < 1.29 is 19.0 Å². The van der Waals surface area contributed by atoms with E-state index in [0.717, 1.165) is 13.1 Å². The third kappa shape index (κ3) is 11.4. The summed E-state index contributed by atoms with van der Waals surface area (Å²) in [4.78, 5) is 10.8. The molecule has 0 saturated carbocycles. The topological polar surface area (TPSA) is 56.8 Å². The summed E-state index contributed by atoms with van der Waals surface area (Å²) in [6, 6.07) is 0. The molecule has 0 aromatic rings. The Balaban J connectivity index is 3.01. The first kappa shape index (κ1) is 15.3. The molecule has 0 aliphatic rings. The number of carbonyl (C=O) groups is 1. The van der Waals surface area contributed by atoms with Gasteiger partial charge in [0.1, 0.15) is 13.2 Å². The largest absolute Gasteiger partial charge is 0.462 e. The third-order valence-corrected chi connectivity index (χ3v) is 1.88. The quantitative estimate of drug-likeness (QED) is 0.418. The number of carbonyl (C=O) groups excluding carboxylic acids is 1. The van der Waals surface area contributed by atoms with Crippen LogP contribution in [0.4, 0.5) is 0 Å². The van der Waals surface area contributed by atoms with Crippen molar-refractivity contribution in [2.75, 3.05) is 46.6 Å². The molecule has 0 spiro atoms. The first-order valence-electron chi connectivity index (χ1n) is 5.74. The Kier molecular flexibility index (Phi) is 11.9. The highest BCUT2D eigenvalue weighted by Gasteiger charge is 1.99. The Morgan fingerprint density at radius 1 is 1.19 bits per heavy atom. The Hall–Kier alpha value is -0.650. The lowest BCUT2D eigenvalue weighted by Crippen LogP contribution is -2.22. The lowest BCUT2D eigenvalue weighted by atomic mass is 10.3. The Morgan fingerprint density at radius 3 is 2.69 bits per heavy atom. The van der Waals surface area contributed by atoms with Crippen LogP contribution < -0.4 is 5.32 Å². The van der Waals surface area contributed by atoms with E-state index in [4.69, 9.17) is 9.47 Å².